The van der Waals surface area contributed by atoms with Gasteiger partial charge in [0.2, 0.25) is 0 Å². The number of hydrogen-bond acceptors (Lipinski definition) is 3. The molecule has 0 radical (unpaired) electrons. The van der Waals surface area contributed by atoms with Crippen LogP contribution >= 0.6 is 0 Å². The Balaban J connectivity index is 1.68. The van der Waals surface area contributed by atoms with Crippen LogP contribution in [0, 0.1) is 40.4 Å². The van der Waals surface area contributed by atoms with Gasteiger partial charge in [0.05, 0.1) is 6.10 Å². The Bertz CT molecular complexity index is 569. The fraction of sp³-hybridized carbons (Fsp3) is 0.905. The molecule has 24 heavy (non-hydrogen) atoms. The molecule has 4 aliphatic carbocycles. The van der Waals surface area contributed by atoms with Crippen LogP contribution in [0.2, 0.25) is 0 Å². The molecular formula is C21H32O3. The fourth-order valence-corrected chi connectivity index (χ4v) is 7.72. The Kier molecular flexibility index (Phi) is 3.77. The van der Waals surface area contributed by atoms with Gasteiger partial charge in [-0.15, -0.1) is 0 Å². The first-order valence-corrected chi connectivity index (χ1v) is 9.98. The summed E-state index contributed by atoms with van der Waals surface area (Å²) in [6, 6.07) is 0. The van der Waals surface area contributed by atoms with Crippen LogP contribution < -0.4 is 0 Å². The number of rotatable bonds is 1. The van der Waals surface area contributed by atoms with Crippen molar-refractivity contribution in [2.75, 3.05) is 0 Å². The second-order valence-electron chi connectivity index (χ2n) is 9.85. The van der Waals surface area contributed by atoms with E-state index in [0.29, 0.717) is 30.0 Å². The quantitative estimate of drug-likeness (QED) is 0.795. The molecule has 0 saturated heterocycles. The summed E-state index contributed by atoms with van der Waals surface area (Å²) in [4.78, 5) is 25.5. The van der Waals surface area contributed by atoms with Crippen LogP contribution in [0.1, 0.15) is 72.1 Å². The number of hydrogen-bond donors (Lipinski definition) is 1. The van der Waals surface area contributed by atoms with Crippen LogP contribution in [-0.4, -0.2) is 22.8 Å². The summed E-state index contributed by atoms with van der Waals surface area (Å²) < 4.78 is 0. The van der Waals surface area contributed by atoms with Gasteiger partial charge < -0.3 is 5.11 Å². The van der Waals surface area contributed by atoms with E-state index in [1.807, 2.05) is 0 Å². The Morgan fingerprint density at radius 2 is 1.83 bits per heavy atom. The number of carbonyl (C=O) groups excluding carboxylic acids is 2. The SMILES string of the molecule is CC(=O)[C@H]1CC[C@H]2[C@H]3CC[C@H]4C[C@H](O)CC[C@]4(C)[C@H]3C(=O)C[C@]12C. The number of aliphatic hydroxyl groups excluding tert-OH is 1. The summed E-state index contributed by atoms with van der Waals surface area (Å²) in [6.45, 7) is 6.28. The lowest BCUT2D eigenvalue weighted by Gasteiger charge is -2.59. The normalized spacial score (nSPS) is 53.9. The maximum atomic E-state index is 13.3. The molecule has 4 aliphatic rings. The molecule has 3 heteroatoms. The van der Waals surface area contributed by atoms with E-state index in [4.69, 9.17) is 0 Å². The third-order valence-corrected chi connectivity index (χ3v) is 8.81. The first-order valence-electron chi connectivity index (χ1n) is 9.98. The topological polar surface area (TPSA) is 54.4 Å². The van der Waals surface area contributed by atoms with Crippen molar-refractivity contribution in [2.24, 2.45) is 40.4 Å². The van der Waals surface area contributed by atoms with E-state index >= 15 is 0 Å². The van der Waals surface area contributed by atoms with Crippen LogP contribution in [-0.2, 0) is 9.59 Å². The third-order valence-electron chi connectivity index (χ3n) is 8.81. The molecule has 4 saturated carbocycles. The summed E-state index contributed by atoms with van der Waals surface area (Å²) in [5.41, 5.74) is -0.0175. The van der Waals surface area contributed by atoms with E-state index in [2.05, 4.69) is 13.8 Å². The van der Waals surface area contributed by atoms with Gasteiger partial charge in [-0.1, -0.05) is 13.8 Å². The highest BCUT2D eigenvalue weighted by Crippen LogP contribution is 2.66. The van der Waals surface area contributed by atoms with Crippen LogP contribution in [0.5, 0.6) is 0 Å². The highest BCUT2D eigenvalue weighted by Gasteiger charge is 2.63. The molecule has 8 atom stereocenters. The van der Waals surface area contributed by atoms with Gasteiger partial charge in [-0.3, -0.25) is 9.59 Å². The van der Waals surface area contributed by atoms with Crippen molar-refractivity contribution in [2.45, 2.75) is 78.2 Å². The molecule has 4 fully saturated rings. The van der Waals surface area contributed by atoms with Crippen molar-refractivity contribution >= 4 is 11.6 Å². The largest absolute Gasteiger partial charge is 0.393 e. The van der Waals surface area contributed by atoms with E-state index in [-0.39, 0.29) is 34.6 Å². The molecule has 1 N–H and O–H groups in total. The predicted octanol–water partition coefficient (Wildman–Crippen LogP) is 3.77. The molecule has 0 aromatic carbocycles. The van der Waals surface area contributed by atoms with E-state index < -0.39 is 0 Å². The van der Waals surface area contributed by atoms with Gasteiger partial charge in [-0.25, -0.2) is 0 Å². The predicted molar refractivity (Wildman–Crippen MR) is 92.3 cm³/mol. The van der Waals surface area contributed by atoms with E-state index in [9.17, 15) is 14.7 Å². The molecule has 0 aliphatic heterocycles. The van der Waals surface area contributed by atoms with Gasteiger partial charge >= 0.3 is 0 Å². The zero-order valence-corrected chi connectivity index (χ0v) is 15.4. The summed E-state index contributed by atoms with van der Waals surface area (Å²) in [7, 11) is 0. The Labute approximate surface area is 145 Å². The number of ketones is 2. The van der Waals surface area contributed by atoms with E-state index in [1.165, 1.54) is 0 Å². The minimum atomic E-state index is -0.169. The monoisotopic (exact) mass is 332 g/mol. The number of aliphatic hydroxyl groups is 1. The Hall–Kier alpha value is -0.700. The molecular weight excluding hydrogens is 300 g/mol. The van der Waals surface area contributed by atoms with Crippen LogP contribution in [0.3, 0.4) is 0 Å². The van der Waals surface area contributed by atoms with Crippen LogP contribution in [0.4, 0.5) is 0 Å². The lowest BCUT2D eigenvalue weighted by atomic mass is 9.44. The van der Waals surface area contributed by atoms with Crippen molar-refractivity contribution in [3.63, 3.8) is 0 Å². The molecule has 0 heterocycles. The fourth-order valence-electron chi connectivity index (χ4n) is 7.72. The number of carbonyl (C=O) groups is 2. The molecule has 0 spiro atoms. The smallest absolute Gasteiger partial charge is 0.137 e. The van der Waals surface area contributed by atoms with E-state index in [0.717, 1.165) is 44.9 Å². The second kappa shape index (κ2) is 5.40. The van der Waals surface area contributed by atoms with Crippen molar-refractivity contribution in [3.8, 4) is 0 Å². The van der Waals surface area contributed by atoms with Crippen LogP contribution in [0.25, 0.3) is 0 Å². The first kappa shape index (κ1) is 16.8. The number of fused-ring (bicyclic) bond motifs is 5. The number of Topliss-reactive ketones (excluding diaryl/α,β-unsaturated/α-hetero) is 2. The van der Waals surface area contributed by atoms with Gasteiger partial charge in [-0.05, 0) is 80.5 Å². The molecule has 0 unspecified atom stereocenters. The summed E-state index contributed by atoms with van der Waals surface area (Å²) in [6.07, 6.45) is 7.53. The van der Waals surface area contributed by atoms with E-state index in [1.54, 1.807) is 6.92 Å². The van der Waals surface area contributed by atoms with Gasteiger partial charge in [0.25, 0.3) is 0 Å². The van der Waals surface area contributed by atoms with Gasteiger partial charge in [-0.2, -0.15) is 0 Å². The first-order chi connectivity index (χ1) is 11.3. The zero-order chi connectivity index (χ0) is 17.3. The minimum Gasteiger partial charge on any atom is -0.393 e. The average Bonchev–Trinajstić information content (AvgIpc) is 2.84. The Morgan fingerprint density at radius 1 is 1.08 bits per heavy atom. The van der Waals surface area contributed by atoms with Crippen molar-refractivity contribution < 1.29 is 14.7 Å². The molecule has 134 valence electrons. The molecule has 0 bridgehead atoms. The van der Waals surface area contributed by atoms with Gasteiger partial charge in [0.15, 0.2) is 0 Å². The second-order valence-corrected chi connectivity index (χ2v) is 9.85. The highest BCUT2D eigenvalue weighted by molar-refractivity contribution is 5.87. The van der Waals surface area contributed by atoms with Crippen molar-refractivity contribution in [1.29, 1.82) is 0 Å². The molecule has 0 aromatic heterocycles. The maximum Gasteiger partial charge on any atom is 0.137 e. The molecule has 0 aromatic rings. The zero-order valence-electron chi connectivity index (χ0n) is 15.4. The van der Waals surface area contributed by atoms with Crippen LogP contribution in [0.15, 0.2) is 0 Å². The summed E-state index contributed by atoms with van der Waals surface area (Å²) in [5.74, 6) is 2.48. The van der Waals surface area contributed by atoms with Gasteiger partial charge in [0, 0.05) is 18.3 Å². The standard InChI is InChI=1S/C21H32O3/c1-12(22)16-6-7-17-15-5-4-13-10-14(23)8-9-20(13,2)19(15)18(24)11-21(16,17)3/h13-17,19,23H,4-11H2,1-3H3/t13-,14+,15+,16+,17-,19+,20-,21+/m0/s1. The highest BCUT2D eigenvalue weighted by atomic mass is 16.3. The van der Waals surface area contributed by atoms with Crippen molar-refractivity contribution in [1.82, 2.24) is 0 Å². The third kappa shape index (κ3) is 2.12. The molecule has 4 rings (SSSR count). The summed E-state index contributed by atoms with van der Waals surface area (Å²) >= 11 is 0. The van der Waals surface area contributed by atoms with Gasteiger partial charge in [0.1, 0.15) is 11.6 Å². The molecule has 3 nitrogen and oxygen atoms in total. The Morgan fingerprint density at radius 3 is 2.54 bits per heavy atom. The molecule has 0 amide bonds. The lowest BCUT2D eigenvalue weighted by Crippen LogP contribution is -2.58. The maximum absolute atomic E-state index is 13.3. The summed E-state index contributed by atoms with van der Waals surface area (Å²) in [5, 5.41) is 10.1. The average molecular weight is 332 g/mol. The minimum absolute atomic E-state index is 0.0782. The van der Waals surface area contributed by atoms with Crippen molar-refractivity contribution in [3.05, 3.63) is 0 Å². The lowest BCUT2D eigenvalue weighted by molar-refractivity contribution is -0.162.